The lowest BCUT2D eigenvalue weighted by Crippen LogP contribution is -2.30. The molecule has 1 amide bonds. The average molecular weight is 442 g/mol. The number of fused-ring (bicyclic) bond motifs is 1. The Hall–Kier alpha value is -3.11. The molecule has 0 unspecified atom stereocenters. The Morgan fingerprint density at radius 1 is 1.23 bits per heavy atom. The number of nitrogens with one attached hydrogen (secondary N) is 1. The molecule has 10 heteroatoms. The molecule has 8 nitrogen and oxygen atoms in total. The summed E-state index contributed by atoms with van der Waals surface area (Å²) in [5.41, 5.74) is 0.472. The van der Waals surface area contributed by atoms with Crippen LogP contribution in [0.15, 0.2) is 64.1 Å². The number of thiophene rings is 1. The van der Waals surface area contributed by atoms with Crippen LogP contribution in [0.2, 0.25) is 0 Å². The Bertz CT molecular complexity index is 1230. The molecule has 0 saturated carbocycles. The van der Waals surface area contributed by atoms with E-state index in [4.69, 9.17) is 4.74 Å². The van der Waals surface area contributed by atoms with Gasteiger partial charge in [0.15, 0.2) is 5.16 Å². The fourth-order valence-corrected chi connectivity index (χ4v) is 4.41. The van der Waals surface area contributed by atoms with E-state index in [1.165, 1.54) is 16.3 Å². The second-order valence-electron chi connectivity index (χ2n) is 6.38. The summed E-state index contributed by atoms with van der Waals surface area (Å²) in [4.78, 5) is 26.5. The molecular formula is C20H19N5O3S2. The Labute approximate surface area is 180 Å². The molecule has 1 N–H and O–H groups in total. The van der Waals surface area contributed by atoms with Crippen LogP contribution in [0.1, 0.15) is 11.8 Å². The molecule has 0 aliphatic carbocycles. The number of carbonyl (C=O) groups is 1. The summed E-state index contributed by atoms with van der Waals surface area (Å²) in [6.45, 7) is 2.29. The van der Waals surface area contributed by atoms with E-state index in [0.29, 0.717) is 23.1 Å². The van der Waals surface area contributed by atoms with Gasteiger partial charge in [0.25, 0.3) is 0 Å². The summed E-state index contributed by atoms with van der Waals surface area (Å²) >= 11 is 2.84. The minimum Gasteiger partial charge on any atom is -0.495 e. The third kappa shape index (κ3) is 3.96. The van der Waals surface area contributed by atoms with Crippen molar-refractivity contribution < 1.29 is 9.53 Å². The maximum absolute atomic E-state index is 13.0. The summed E-state index contributed by atoms with van der Waals surface area (Å²) < 4.78 is 8.42. The molecule has 1 atom stereocenters. The summed E-state index contributed by atoms with van der Waals surface area (Å²) in [5, 5.41) is 13.1. The fourth-order valence-electron chi connectivity index (χ4n) is 2.91. The van der Waals surface area contributed by atoms with Gasteiger partial charge in [0.1, 0.15) is 5.75 Å². The lowest BCUT2D eigenvalue weighted by molar-refractivity contribution is -0.120. The van der Waals surface area contributed by atoms with Gasteiger partial charge in [0.2, 0.25) is 11.6 Å². The zero-order chi connectivity index (χ0) is 21.1. The predicted octanol–water partition coefficient (Wildman–Crippen LogP) is 2.75. The first-order chi connectivity index (χ1) is 14.6. The van der Waals surface area contributed by atoms with Crippen molar-refractivity contribution in [3.63, 3.8) is 0 Å². The van der Waals surface area contributed by atoms with Gasteiger partial charge < -0.3 is 10.1 Å². The second kappa shape index (κ2) is 8.72. The van der Waals surface area contributed by atoms with Crippen molar-refractivity contribution in [2.24, 2.45) is 0 Å². The van der Waals surface area contributed by atoms with Gasteiger partial charge >= 0.3 is 5.56 Å². The van der Waals surface area contributed by atoms with Crippen LogP contribution in [0, 0.1) is 0 Å². The van der Waals surface area contributed by atoms with Crippen molar-refractivity contribution >= 4 is 34.7 Å². The summed E-state index contributed by atoms with van der Waals surface area (Å²) in [7, 11) is 1.55. The number of rotatable bonds is 7. The van der Waals surface area contributed by atoms with E-state index in [-0.39, 0.29) is 17.1 Å². The fraction of sp³-hybridized carbons (Fsp3) is 0.200. The van der Waals surface area contributed by atoms with E-state index >= 15 is 0 Å². The van der Waals surface area contributed by atoms with Gasteiger partial charge in [0.05, 0.1) is 24.6 Å². The Kier molecular flexibility index (Phi) is 5.86. The highest BCUT2D eigenvalue weighted by molar-refractivity contribution is 8.00. The van der Waals surface area contributed by atoms with Crippen molar-refractivity contribution in [1.29, 1.82) is 0 Å². The van der Waals surface area contributed by atoms with E-state index < -0.39 is 5.25 Å². The molecule has 0 aliphatic heterocycles. The smallest absolute Gasteiger partial charge is 0.300 e. The minimum atomic E-state index is -0.394. The molecule has 0 aliphatic rings. The summed E-state index contributed by atoms with van der Waals surface area (Å²) in [5.74, 6) is 0.474. The van der Waals surface area contributed by atoms with Gasteiger partial charge in [0, 0.05) is 17.3 Å². The minimum absolute atomic E-state index is 0.104. The molecule has 0 bridgehead atoms. The average Bonchev–Trinajstić information content (AvgIpc) is 3.43. The molecule has 0 radical (unpaired) electrons. The van der Waals surface area contributed by atoms with Crippen molar-refractivity contribution in [1.82, 2.24) is 24.5 Å². The highest BCUT2D eigenvalue weighted by atomic mass is 32.2. The number of thioether (sulfide) groups is 1. The van der Waals surface area contributed by atoms with Crippen LogP contribution < -0.4 is 15.6 Å². The zero-order valence-corrected chi connectivity index (χ0v) is 17.9. The Balaban J connectivity index is 1.55. The van der Waals surface area contributed by atoms with Crippen LogP contribution in [0.5, 0.6) is 5.75 Å². The van der Waals surface area contributed by atoms with Crippen LogP contribution in [0.25, 0.3) is 11.3 Å². The molecule has 0 fully saturated rings. The van der Waals surface area contributed by atoms with Crippen molar-refractivity contribution in [3.05, 3.63) is 69.4 Å². The van der Waals surface area contributed by atoms with E-state index in [9.17, 15) is 9.59 Å². The van der Waals surface area contributed by atoms with Crippen molar-refractivity contribution in [2.45, 2.75) is 23.9 Å². The number of benzene rings is 1. The standard InChI is InChI=1S/C20H19N5O3S2/c1-13(18(26)21-12-14-6-5-11-29-14)30-20-23-22-17-19(27)24(9-10-25(17)20)15-7-3-4-8-16(15)28-2/h3-11,13H,12H2,1-2H3,(H,21,26)/t13-/m1/s1. The summed E-state index contributed by atoms with van der Waals surface area (Å²) in [6, 6.07) is 11.2. The van der Waals surface area contributed by atoms with Gasteiger partial charge in [-0.3, -0.25) is 18.6 Å². The zero-order valence-electron chi connectivity index (χ0n) is 16.3. The molecule has 30 heavy (non-hydrogen) atoms. The Morgan fingerprint density at radius 2 is 2.07 bits per heavy atom. The molecule has 0 spiro atoms. The van der Waals surface area contributed by atoms with Gasteiger partial charge in [-0.15, -0.1) is 21.5 Å². The highest BCUT2D eigenvalue weighted by Gasteiger charge is 2.19. The first-order valence-electron chi connectivity index (χ1n) is 9.15. The van der Waals surface area contributed by atoms with E-state index in [1.54, 1.807) is 54.3 Å². The third-order valence-corrected chi connectivity index (χ3v) is 6.39. The quantitative estimate of drug-likeness (QED) is 0.444. The number of amides is 1. The topological polar surface area (TPSA) is 90.5 Å². The second-order valence-corrected chi connectivity index (χ2v) is 8.72. The Morgan fingerprint density at radius 3 is 2.83 bits per heavy atom. The molecular weight excluding hydrogens is 422 g/mol. The van der Waals surface area contributed by atoms with Crippen LogP contribution in [0.4, 0.5) is 0 Å². The normalized spacial score (nSPS) is 12.1. The maximum Gasteiger partial charge on any atom is 0.300 e. The van der Waals surface area contributed by atoms with Crippen LogP contribution in [0.3, 0.4) is 0 Å². The van der Waals surface area contributed by atoms with Crippen molar-refractivity contribution in [2.75, 3.05) is 7.11 Å². The molecule has 4 aromatic rings. The van der Waals surface area contributed by atoms with Crippen LogP contribution >= 0.6 is 23.1 Å². The summed E-state index contributed by atoms with van der Waals surface area (Å²) in [6.07, 6.45) is 3.35. The number of hydrogen-bond acceptors (Lipinski definition) is 7. The lowest BCUT2D eigenvalue weighted by Gasteiger charge is -2.12. The first kappa shape index (κ1) is 20.2. The van der Waals surface area contributed by atoms with E-state index in [1.807, 2.05) is 29.6 Å². The maximum atomic E-state index is 13.0. The van der Waals surface area contributed by atoms with Gasteiger partial charge in [-0.2, -0.15) is 0 Å². The number of ether oxygens (including phenoxy) is 1. The van der Waals surface area contributed by atoms with Gasteiger partial charge in [-0.05, 0) is 30.5 Å². The van der Waals surface area contributed by atoms with Crippen LogP contribution in [-0.4, -0.2) is 37.4 Å². The molecule has 154 valence electrons. The van der Waals surface area contributed by atoms with Crippen LogP contribution in [-0.2, 0) is 11.3 Å². The largest absolute Gasteiger partial charge is 0.495 e. The molecule has 0 saturated heterocycles. The number of aromatic nitrogens is 4. The van der Waals surface area contributed by atoms with E-state index in [0.717, 1.165) is 4.88 Å². The molecule has 1 aromatic carbocycles. The van der Waals surface area contributed by atoms with Crippen molar-refractivity contribution in [3.8, 4) is 11.4 Å². The third-order valence-electron chi connectivity index (χ3n) is 4.45. The SMILES string of the molecule is COc1ccccc1-n1ccn2c(S[C@H](C)C(=O)NCc3cccs3)nnc2c1=O. The molecule has 3 heterocycles. The predicted molar refractivity (Wildman–Crippen MR) is 117 cm³/mol. The highest BCUT2D eigenvalue weighted by Crippen LogP contribution is 2.23. The van der Waals surface area contributed by atoms with Gasteiger partial charge in [-0.1, -0.05) is 30.0 Å². The monoisotopic (exact) mass is 441 g/mol. The number of nitrogens with zero attached hydrogens (tertiary/aromatic N) is 4. The van der Waals surface area contributed by atoms with Gasteiger partial charge in [-0.25, -0.2) is 0 Å². The number of methoxy groups -OCH3 is 1. The number of carbonyl (C=O) groups excluding carboxylic acids is 1. The molecule has 3 aromatic heterocycles. The first-order valence-corrected chi connectivity index (χ1v) is 10.9. The molecule has 4 rings (SSSR count). The lowest BCUT2D eigenvalue weighted by atomic mass is 10.3. The van der Waals surface area contributed by atoms with E-state index in [2.05, 4.69) is 15.5 Å². The number of para-hydroxylation sites is 2. The number of hydrogen-bond donors (Lipinski definition) is 1.